The molecular formula is C16H15FN4O4S3. The van der Waals surface area contributed by atoms with Gasteiger partial charge in [0.1, 0.15) is 17.3 Å². The second kappa shape index (κ2) is 8.29. The summed E-state index contributed by atoms with van der Waals surface area (Å²) in [6, 6.07) is 4.21. The third-order valence-electron chi connectivity index (χ3n) is 3.55. The zero-order valence-corrected chi connectivity index (χ0v) is 17.0. The van der Waals surface area contributed by atoms with Gasteiger partial charge in [0.2, 0.25) is 5.91 Å². The van der Waals surface area contributed by atoms with Crippen molar-refractivity contribution in [1.82, 2.24) is 9.55 Å². The Kier molecular flexibility index (Phi) is 6.01. The Labute approximate surface area is 167 Å². The van der Waals surface area contributed by atoms with Gasteiger partial charge in [0.05, 0.1) is 10.2 Å². The van der Waals surface area contributed by atoms with Crippen LogP contribution in [0.15, 0.2) is 34.8 Å². The lowest BCUT2D eigenvalue weighted by molar-refractivity contribution is -0.115. The van der Waals surface area contributed by atoms with Gasteiger partial charge in [-0.25, -0.2) is 17.8 Å². The number of nitrogens with one attached hydrogen (secondary N) is 1. The first-order chi connectivity index (χ1) is 13.3. The van der Waals surface area contributed by atoms with Gasteiger partial charge in [-0.15, -0.1) is 11.3 Å². The van der Waals surface area contributed by atoms with Gasteiger partial charge >= 0.3 is 0 Å². The van der Waals surface area contributed by atoms with Gasteiger partial charge in [0.25, 0.3) is 5.91 Å². The minimum absolute atomic E-state index is 0.274. The highest BCUT2D eigenvalue weighted by Gasteiger charge is 2.21. The summed E-state index contributed by atoms with van der Waals surface area (Å²) < 4.78 is 40.0. The van der Waals surface area contributed by atoms with Crippen molar-refractivity contribution < 1.29 is 22.4 Å². The largest absolute Gasteiger partial charge is 0.317 e. The van der Waals surface area contributed by atoms with E-state index in [4.69, 9.17) is 0 Å². The molecule has 1 N–H and O–H groups in total. The number of carbonyl (C=O) groups is 2. The normalized spacial score (nSPS) is 12.4. The molecular weight excluding hydrogens is 427 g/mol. The highest BCUT2D eigenvalue weighted by atomic mass is 32.2. The van der Waals surface area contributed by atoms with Crippen molar-refractivity contribution >= 4 is 59.7 Å². The number of thiazole rings is 2. The molecule has 0 aliphatic carbocycles. The van der Waals surface area contributed by atoms with Crippen molar-refractivity contribution in [3.05, 3.63) is 40.4 Å². The Hall–Kier alpha value is -2.44. The van der Waals surface area contributed by atoms with Crippen LogP contribution in [0, 0.1) is 5.82 Å². The number of hydrogen-bond acceptors (Lipinski definition) is 7. The van der Waals surface area contributed by atoms with Crippen molar-refractivity contribution in [2.24, 2.45) is 4.99 Å². The van der Waals surface area contributed by atoms with Gasteiger partial charge in [-0.05, 0) is 25.1 Å². The van der Waals surface area contributed by atoms with E-state index in [-0.39, 0.29) is 9.93 Å². The van der Waals surface area contributed by atoms with Gasteiger partial charge in [-0.3, -0.25) is 9.59 Å². The first-order valence-corrected chi connectivity index (χ1v) is 11.6. The number of amides is 2. The number of aromatic nitrogens is 2. The second-order valence-corrected chi connectivity index (χ2v) is 9.63. The van der Waals surface area contributed by atoms with Gasteiger partial charge in [-0.1, -0.05) is 11.3 Å². The molecule has 0 saturated heterocycles. The van der Waals surface area contributed by atoms with Crippen LogP contribution in [0.3, 0.4) is 0 Å². The number of halogens is 1. The van der Waals surface area contributed by atoms with Crippen LogP contribution in [0.5, 0.6) is 0 Å². The Morgan fingerprint density at radius 1 is 1.32 bits per heavy atom. The molecule has 148 valence electrons. The van der Waals surface area contributed by atoms with Gasteiger partial charge in [0, 0.05) is 18.1 Å². The van der Waals surface area contributed by atoms with Crippen LogP contribution in [-0.4, -0.2) is 41.3 Å². The number of aryl methyl sites for hydroxylation is 1. The number of benzene rings is 1. The first-order valence-electron chi connectivity index (χ1n) is 8.03. The van der Waals surface area contributed by atoms with Crippen molar-refractivity contribution in [2.75, 3.05) is 16.8 Å². The number of hydrogen-bond donors (Lipinski definition) is 1. The van der Waals surface area contributed by atoms with E-state index in [1.54, 1.807) is 16.0 Å². The molecule has 3 aromatic rings. The Bertz CT molecular complexity index is 1200. The van der Waals surface area contributed by atoms with E-state index < -0.39 is 39.0 Å². The molecule has 28 heavy (non-hydrogen) atoms. The molecule has 2 aromatic heterocycles. The molecule has 0 aliphatic rings. The molecule has 0 aliphatic heterocycles. The molecule has 0 atom stereocenters. The van der Waals surface area contributed by atoms with E-state index in [1.807, 2.05) is 6.92 Å². The van der Waals surface area contributed by atoms with E-state index in [2.05, 4.69) is 15.3 Å². The summed E-state index contributed by atoms with van der Waals surface area (Å²) in [5, 5.41) is 4.26. The van der Waals surface area contributed by atoms with Crippen LogP contribution in [-0.2, 0) is 26.0 Å². The molecule has 2 amide bonds. The average molecular weight is 443 g/mol. The zero-order valence-electron chi connectivity index (χ0n) is 14.6. The summed E-state index contributed by atoms with van der Waals surface area (Å²) in [7, 11) is -4.00. The molecule has 0 bridgehead atoms. The summed E-state index contributed by atoms with van der Waals surface area (Å²) in [5.74, 6) is -3.83. The van der Waals surface area contributed by atoms with Crippen LogP contribution >= 0.6 is 22.7 Å². The monoisotopic (exact) mass is 442 g/mol. The van der Waals surface area contributed by atoms with Crippen molar-refractivity contribution in [3.63, 3.8) is 0 Å². The maximum absolute atomic E-state index is 13.4. The first kappa shape index (κ1) is 20.3. The number of nitrogens with zero attached hydrogens (tertiary/aromatic N) is 3. The minimum Gasteiger partial charge on any atom is -0.317 e. The molecule has 0 fully saturated rings. The predicted octanol–water partition coefficient (Wildman–Crippen LogP) is 1.80. The fourth-order valence-corrected chi connectivity index (χ4v) is 5.15. The lowest BCUT2D eigenvalue weighted by Gasteiger charge is -2.02. The van der Waals surface area contributed by atoms with Crippen LogP contribution in [0.25, 0.3) is 10.2 Å². The topological polar surface area (TPSA) is 110 Å². The molecule has 0 spiro atoms. The molecule has 0 radical (unpaired) electrons. The maximum atomic E-state index is 13.4. The predicted molar refractivity (Wildman–Crippen MR) is 105 cm³/mol. The second-order valence-electron chi connectivity index (χ2n) is 5.66. The summed E-state index contributed by atoms with van der Waals surface area (Å²) in [6.45, 7) is 2.30. The van der Waals surface area contributed by atoms with Crippen molar-refractivity contribution in [3.8, 4) is 0 Å². The van der Waals surface area contributed by atoms with E-state index >= 15 is 0 Å². The number of rotatable bonds is 6. The molecule has 1 aromatic carbocycles. The van der Waals surface area contributed by atoms with E-state index in [9.17, 15) is 22.4 Å². The molecule has 0 unspecified atom stereocenters. The third kappa shape index (κ3) is 4.88. The standard InChI is InChI=1S/C16H15FN4O4S3/c1-2-21-11-4-3-10(17)7-12(11)27-16(21)20-14(23)9-28(24,25)8-13(22)19-15-18-5-6-26-15/h3-7H,2,8-9H2,1H3,(H,18,19,22). The van der Waals surface area contributed by atoms with Crippen LogP contribution in [0.4, 0.5) is 9.52 Å². The summed E-state index contributed by atoms with van der Waals surface area (Å²) >= 11 is 2.24. The summed E-state index contributed by atoms with van der Waals surface area (Å²) in [4.78, 5) is 31.9. The van der Waals surface area contributed by atoms with Crippen molar-refractivity contribution in [1.29, 1.82) is 0 Å². The molecule has 3 rings (SSSR count). The lowest BCUT2D eigenvalue weighted by Crippen LogP contribution is -2.28. The molecule has 8 nitrogen and oxygen atoms in total. The summed E-state index contributed by atoms with van der Waals surface area (Å²) in [5.41, 5.74) is 0.700. The number of fused-ring (bicyclic) bond motifs is 1. The fourth-order valence-electron chi connectivity index (χ4n) is 2.46. The molecule has 2 heterocycles. The summed E-state index contributed by atoms with van der Waals surface area (Å²) in [6.07, 6.45) is 1.47. The van der Waals surface area contributed by atoms with Crippen molar-refractivity contribution in [2.45, 2.75) is 13.5 Å². The van der Waals surface area contributed by atoms with Gasteiger partial charge in [-0.2, -0.15) is 4.99 Å². The Morgan fingerprint density at radius 3 is 2.79 bits per heavy atom. The molecule has 0 saturated carbocycles. The van der Waals surface area contributed by atoms with E-state index in [0.29, 0.717) is 16.8 Å². The minimum atomic E-state index is -4.00. The highest BCUT2D eigenvalue weighted by molar-refractivity contribution is 7.92. The average Bonchev–Trinajstić information content (AvgIpc) is 3.19. The quantitative estimate of drug-likeness (QED) is 0.626. The van der Waals surface area contributed by atoms with Crippen LogP contribution < -0.4 is 10.1 Å². The lowest BCUT2D eigenvalue weighted by atomic mass is 10.3. The third-order valence-corrected chi connectivity index (χ3v) is 6.67. The fraction of sp³-hybridized carbons (Fsp3) is 0.250. The number of sulfone groups is 1. The number of carbonyl (C=O) groups excluding carboxylic acids is 2. The molecule has 12 heteroatoms. The Morgan fingerprint density at radius 2 is 2.11 bits per heavy atom. The highest BCUT2D eigenvalue weighted by Crippen LogP contribution is 2.18. The maximum Gasteiger partial charge on any atom is 0.263 e. The van der Waals surface area contributed by atoms with Crippen LogP contribution in [0.2, 0.25) is 0 Å². The zero-order chi connectivity index (χ0) is 20.3. The van der Waals surface area contributed by atoms with E-state index in [0.717, 1.165) is 22.7 Å². The van der Waals surface area contributed by atoms with E-state index in [1.165, 1.54) is 18.3 Å². The smallest absolute Gasteiger partial charge is 0.263 e. The number of anilines is 1. The van der Waals surface area contributed by atoms with Crippen LogP contribution in [0.1, 0.15) is 6.92 Å². The van der Waals surface area contributed by atoms with Gasteiger partial charge < -0.3 is 9.88 Å². The Balaban J connectivity index is 1.77. The van der Waals surface area contributed by atoms with Gasteiger partial charge in [0.15, 0.2) is 19.8 Å². The SMILES string of the molecule is CCn1c(=NC(=O)CS(=O)(=O)CC(=O)Nc2nccs2)sc2cc(F)ccc21.